The molecule has 1 aliphatic heterocycles. The first kappa shape index (κ1) is 21.5. The van der Waals surface area contributed by atoms with E-state index in [1.54, 1.807) is 11.8 Å². The Morgan fingerprint density at radius 3 is 2.78 bits per heavy atom. The van der Waals surface area contributed by atoms with Crippen molar-refractivity contribution in [1.82, 2.24) is 14.8 Å². The number of rotatable bonds is 4. The monoisotopic (exact) mass is 508 g/mol. The topological polar surface area (TPSA) is 59.8 Å². The number of anilines is 1. The van der Waals surface area contributed by atoms with E-state index in [1.807, 2.05) is 16.8 Å². The average molecular weight is 509 g/mol. The van der Waals surface area contributed by atoms with Gasteiger partial charge in [-0.3, -0.25) is 4.79 Å². The number of hydrogen-bond donors (Lipinski definition) is 1. The SMILES string of the molecule is Cc1ccccc1CSc1nc2n(n1)C(c1cccc(Br)c1)C1=C(CC(C)(C)CC1=O)N2. The van der Waals surface area contributed by atoms with Gasteiger partial charge < -0.3 is 5.32 Å². The van der Waals surface area contributed by atoms with E-state index in [2.05, 4.69) is 78.4 Å². The molecule has 5 rings (SSSR count). The van der Waals surface area contributed by atoms with Crippen LogP contribution in [0.2, 0.25) is 0 Å². The third kappa shape index (κ3) is 4.04. The maximum Gasteiger partial charge on any atom is 0.227 e. The molecular formula is C25H25BrN4OS. The number of halogens is 1. The number of nitrogens with one attached hydrogen (secondary N) is 1. The molecule has 2 heterocycles. The van der Waals surface area contributed by atoms with Crippen molar-refractivity contribution >= 4 is 39.4 Å². The summed E-state index contributed by atoms with van der Waals surface area (Å²) in [6.45, 7) is 6.41. The van der Waals surface area contributed by atoms with Crippen LogP contribution in [0.1, 0.15) is 49.4 Å². The van der Waals surface area contributed by atoms with Crippen LogP contribution >= 0.6 is 27.7 Å². The number of aromatic nitrogens is 3. The highest BCUT2D eigenvalue weighted by Gasteiger charge is 2.41. The molecule has 1 atom stereocenters. The molecule has 5 nitrogen and oxygen atoms in total. The van der Waals surface area contributed by atoms with Crippen molar-refractivity contribution in [3.05, 3.63) is 81.0 Å². The van der Waals surface area contributed by atoms with Crippen LogP contribution in [0.25, 0.3) is 0 Å². The Kier molecular flexibility index (Phi) is 5.50. The van der Waals surface area contributed by atoms with Crippen molar-refractivity contribution in [2.24, 2.45) is 5.41 Å². The summed E-state index contributed by atoms with van der Waals surface area (Å²) in [5, 5.41) is 9.01. The molecule has 0 spiro atoms. The van der Waals surface area contributed by atoms with Crippen LogP contribution in [0.15, 0.2) is 69.4 Å². The summed E-state index contributed by atoms with van der Waals surface area (Å²) in [6.07, 6.45) is 1.36. The van der Waals surface area contributed by atoms with Gasteiger partial charge in [0.25, 0.3) is 0 Å². The molecule has 0 saturated carbocycles. The molecule has 32 heavy (non-hydrogen) atoms. The number of benzene rings is 2. The molecule has 0 amide bonds. The van der Waals surface area contributed by atoms with Gasteiger partial charge in [0.2, 0.25) is 11.1 Å². The maximum absolute atomic E-state index is 13.3. The quantitative estimate of drug-likeness (QED) is 0.419. The van der Waals surface area contributed by atoms with Gasteiger partial charge in [0.05, 0.1) is 0 Å². The average Bonchev–Trinajstić information content (AvgIpc) is 3.13. The standard InChI is InChI=1S/C25H25BrN4OS/c1-15-7-4-5-8-17(15)14-32-24-28-23-27-19-12-25(2,3)13-20(31)21(19)22(30(23)29-24)16-9-6-10-18(26)11-16/h4-11,22H,12-14H2,1-3H3,(H,27,28,29). The summed E-state index contributed by atoms with van der Waals surface area (Å²) < 4.78 is 2.87. The number of thioether (sulfide) groups is 1. The van der Waals surface area contributed by atoms with E-state index in [-0.39, 0.29) is 17.2 Å². The van der Waals surface area contributed by atoms with Crippen LogP contribution < -0.4 is 5.32 Å². The van der Waals surface area contributed by atoms with Crippen molar-refractivity contribution in [1.29, 1.82) is 0 Å². The lowest BCUT2D eigenvalue weighted by molar-refractivity contribution is -0.118. The number of carbonyl (C=O) groups excluding carboxylic acids is 1. The van der Waals surface area contributed by atoms with E-state index >= 15 is 0 Å². The normalized spacial score (nSPS) is 19.4. The first-order chi connectivity index (χ1) is 15.3. The minimum atomic E-state index is -0.275. The fourth-order valence-electron chi connectivity index (χ4n) is 4.55. The second-order valence-corrected chi connectivity index (χ2v) is 11.2. The lowest BCUT2D eigenvalue weighted by Gasteiger charge is -2.38. The lowest BCUT2D eigenvalue weighted by Crippen LogP contribution is -2.36. The van der Waals surface area contributed by atoms with Crippen LogP contribution in [-0.2, 0) is 10.5 Å². The Morgan fingerprint density at radius 2 is 2.00 bits per heavy atom. The lowest BCUT2D eigenvalue weighted by atomic mass is 9.73. The first-order valence-electron chi connectivity index (χ1n) is 10.7. The number of fused-ring (bicyclic) bond motifs is 1. The first-order valence-corrected chi connectivity index (χ1v) is 12.5. The fourth-order valence-corrected chi connectivity index (χ4v) is 5.87. The number of allylic oxidation sites excluding steroid dienone is 2. The Bertz CT molecular complexity index is 1250. The summed E-state index contributed by atoms with van der Waals surface area (Å²) in [5.74, 6) is 1.69. The third-order valence-electron chi connectivity index (χ3n) is 6.09. The van der Waals surface area contributed by atoms with Crippen LogP contribution in [0.5, 0.6) is 0 Å². The van der Waals surface area contributed by atoms with Gasteiger partial charge in [-0.25, -0.2) is 4.68 Å². The molecule has 2 aliphatic rings. The van der Waals surface area contributed by atoms with Gasteiger partial charge in [0.1, 0.15) is 6.04 Å². The van der Waals surface area contributed by atoms with Crippen molar-refractivity contribution in [3.8, 4) is 0 Å². The largest absolute Gasteiger partial charge is 0.328 e. The van der Waals surface area contributed by atoms with Crippen molar-refractivity contribution in [3.63, 3.8) is 0 Å². The Hall–Kier alpha value is -2.38. The van der Waals surface area contributed by atoms with Gasteiger partial charge in [-0.05, 0) is 47.6 Å². The predicted molar refractivity (Wildman–Crippen MR) is 132 cm³/mol. The molecular weight excluding hydrogens is 484 g/mol. The molecule has 2 aromatic carbocycles. The molecule has 1 unspecified atom stereocenters. The van der Waals surface area contributed by atoms with E-state index in [4.69, 9.17) is 10.1 Å². The molecule has 0 bridgehead atoms. The van der Waals surface area contributed by atoms with E-state index < -0.39 is 0 Å². The molecule has 1 aromatic heterocycles. The number of nitrogens with zero attached hydrogens (tertiary/aromatic N) is 3. The Labute approximate surface area is 200 Å². The third-order valence-corrected chi connectivity index (χ3v) is 7.47. The van der Waals surface area contributed by atoms with Crippen LogP contribution in [0.4, 0.5) is 5.95 Å². The minimum Gasteiger partial charge on any atom is -0.328 e. The zero-order valence-electron chi connectivity index (χ0n) is 18.4. The number of hydrogen-bond acceptors (Lipinski definition) is 5. The molecule has 1 aliphatic carbocycles. The number of aryl methyl sites for hydroxylation is 1. The molecule has 7 heteroatoms. The van der Waals surface area contributed by atoms with E-state index in [0.29, 0.717) is 17.5 Å². The number of Topliss-reactive ketones (excluding diaryl/α,β-unsaturated/α-hetero) is 1. The summed E-state index contributed by atoms with van der Waals surface area (Å²) in [7, 11) is 0. The van der Waals surface area contributed by atoms with Gasteiger partial charge in [-0.15, -0.1) is 5.10 Å². The highest BCUT2D eigenvalue weighted by atomic mass is 79.9. The van der Waals surface area contributed by atoms with Gasteiger partial charge in [-0.1, -0.05) is 77.9 Å². The highest BCUT2D eigenvalue weighted by molar-refractivity contribution is 9.10. The Balaban J connectivity index is 1.54. The van der Waals surface area contributed by atoms with Crippen LogP contribution in [0.3, 0.4) is 0 Å². The molecule has 0 fully saturated rings. The smallest absolute Gasteiger partial charge is 0.227 e. The minimum absolute atomic E-state index is 0.0741. The zero-order chi connectivity index (χ0) is 22.5. The highest BCUT2D eigenvalue weighted by Crippen LogP contribution is 2.46. The summed E-state index contributed by atoms with van der Waals surface area (Å²) in [6, 6.07) is 16.2. The Morgan fingerprint density at radius 1 is 1.19 bits per heavy atom. The van der Waals surface area contributed by atoms with Crippen molar-refractivity contribution < 1.29 is 4.79 Å². The van der Waals surface area contributed by atoms with Crippen LogP contribution in [0, 0.1) is 12.3 Å². The van der Waals surface area contributed by atoms with E-state index in [1.165, 1.54) is 11.1 Å². The molecule has 164 valence electrons. The van der Waals surface area contributed by atoms with Gasteiger partial charge >= 0.3 is 0 Å². The zero-order valence-corrected chi connectivity index (χ0v) is 20.8. The van der Waals surface area contributed by atoms with Crippen molar-refractivity contribution in [2.75, 3.05) is 5.32 Å². The number of ketones is 1. The molecule has 3 aromatic rings. The van der Waals surface area contributed by atoms with Crippen LogP contribution in [-0.4, -0.2) is 20.5 Å². The summed E-state index contributed by atoms with van der Waals surface area (Å²) >= 11 is 5.21. The van der Waals surface area contributed by atoms with Gasteiger partial charge in [-0.2, -0.15) is 4.98 Å². The number of carbonyl (C=O) groups is 1. The van der Waals surface area contributed by atoms with Gasteiger partial charge in [0, 0.05) is 27.9 Å². The maximum atomic E-state index is 13.3. The van der Waals surface area contributed by atoms with E-state index in [0.717, 1.165) is 33.5 Å². The fraction of sp³-hybridized carbons (Fsp3) is 0.320. The summed E-state index contributed by atoms with van der Waals surface area (Å²) in [4.78, 5) is 18.1. The van der Waals surface area contributed by atoms with Gasteiger partial charge in [0.15, 0.2) is 5.78 Å². The second kappa shape index (κ2) is 8.19. The molecule has 1 N–H and O–H groups in total. The second-order valence-electron chi connectivity index (χ2n) is 9.29. The van der Waals surface area contributed by atoms with E-state index in [9.17, 15) is 4.79 Å². The van der Waals surface area contributed by atoms with Crippen molar-refractivity contribution in [2.45, 2.75) is 50.6 Å². The molecule has 0 saturated heterocycles. The predicted octanol–water partition coefficient (Wildman–Crippen LogP) is 6.30. The molecule has 0 radical (unpaired) electrons. The summed E-state index contributed by atoms with van der Waals surface area (Å²) in [5.41, 5.74) is 5.29.